The lowest BCUT2D eigenvalue weighted by molar-refractivity contribution is 0.122. The summed E-state index contributed by atoms with van der Waals surface area (Å²) >= 11 is 0. The molecule has 33 heavy (non-hydrogen) atoms. The van der Waals surface area contributed by atoms with Crippen LogP contribution in [0.1, 0.15) is 5.82 Å². The summed E-state index contributed by atoms with van der Waals surface area (Å²) < 4.78 is 6.92. The summed E-state index contributed by atoms with van der Waals surface area (Å²) in [5.41, 5.74) is 9.11. The zero-order chi connectivity index (χ0) is 22.6. The number of hydrogen-bond acceptors (Lipinski definition) is 9. The van der Waals surface area contributed by atoms with Crippen molar-refractivity contribution in [3.05, 3.63) is 66.5 Å². The third kappa shape index (κ3) is 4.85. The van der Waals surface area contributed by atoms with E-state index >= 15 is 0 Å². The van der Waals surface area contributed by atoms with Gasteiger partial charge in [-0.15, -0.1) is 5.10 Å². The molecule has 0 aliphatic carbocycles. The second kappa shape index (κ2) is 9.13. The van der Waals surface area contributed by atoms with Gasteiger partial charge in [-0.25, -0.2) is 9.97 Å². The SMILES string of the molecule is Cc1nc(Nc2ccccc2)cc(-n2nc(Nc3ccc(N4CCOCC4)cc3)nc2N)n1. The van der Waals surface area contributed by atoms with E-state index in [1.165, 1.54) is 4.68 Å². The van der Waals surface area contributed by atoms with Crippen LogP contribution in [-0.2, 0) is 4.74 Å². The van der Waals surface area contributed by atoms with Gasteiger partial charge in [-0.2, -0.15) is 9.67 Å². The number of para-hydroxylation sites is 1. The number of morpholine rings is 1. The highest BCUT2D eigenvalue weighted by Crippen LogP contribution is 2.23. The largest absolute Gasteiger partial charge is 0.378 e. The van der Waals surface area contributed by atoms with Gasteiger partial charge in [0, 0.05) is 36.2 Å². The Balaban J connectivity index is 1.33. The molecule has 2 aromatic carbocycles. The molecule has 0 spiro atoms. The van der Waals surface area contributed by atoms with Crippen molar-refractivity contribution >= 4 is 34.8 Å². The molecule has 0 radical (unpaired) electrons. The number of nitrogen functional groups attached to an aromatic ring is 1. The Bertz CT molecular complexity index is 1220. The first-order valence-electron chi connectivity index (χ1n) is 10.7. The van der Waals surface area contributed by atoms with Crippen molar-refractivity contribution in [2.45, 2.75) is 6.92 Å². The average molecular weight is 444 g/mol. The molecule has 10 heteroatoms. The molecule has 5 rings (SSSR count). The summed E-state index contributed by atoms with van der Waals surface area (Å²) in [5, 5.41) is 11.0. The van der Waals surface area contributed by atoms with Crippen LogP contribution < -0.4 is 21.3 Å². The van der Waals surface area contributed by atoms with Gasteiger partial charge in [0.2, 0.25) is 11.9 Å². The Morgan fingerprint density at radius 2 is 1.61 bits per heavy atom. The molecule has 0 atom stereocenters. The van der Waals surface area contributed by atoms with Crippen LogP contribution in [0.25, 0.3) is 5.82 Å². The van der Waals surface area contributed by atoms with Gasteiger partial charge < -0.3 is 26.0 Å². The molecule has 0 saturated carbocycles. The normalized spacial score (nSPS) is 13.7. The number of benzene rings is 2. The minimum absolute atomic E-state index is 0.228. The highest BCUT2D eigenvalue weighted by Gasteiger charge is 2.14. The summed E-state index contributed by atoms with van der Waals surface area (Å²) in [6.07, 6.45) is 0. The predicted octanol–water partition coefficient (Wildman–Crippen LogP) is 3.27. The molecule has 4 N–H and O–H groups in total. The van der Waals surface area contributed by atoms with Crippen molar-refractivity contribution in [3.8, 4) is 5.82 Å². The van der Waals surface area contributed by atoms with Crippen LogP contribution in [0.15, 0.2) is 60.7 Å². The molecule has 3 heterocycles. The molecule has 2 aromatic heterocycles. The van der Waals surface area contributed by atoms with Crippen molar-refractivity contribution in [3.63, 3.8) is 0 Å². The second-order valence-corrected chi connectivity index (χ2v) is 7.63. The first kappa shape index (κ1) is 20.7. The summed E-state index contributed by atoms with van der Waals surface area (Å²) in [6, 6.07) is 19.7. The van der Waals surface area contributed by atoms with E-state index in [0.29, 0.717) is 23.4 Å². The van der Waals surface area contributed by atoms with Gasteiger partial charge in [0.1, 0.15) is 11.6 Å². The van der Waals surface area contributed by atoms with Gasteiger partial charge >= 0.3 is 0 Å². The Labute approximate surface area is 191 Å². The van der Waals surface area contributed by atoms with E-state index in [-0.39, 0.29) is 5.95 Å². The molecule has 10 nitrogen and oxygen atoms in total. The predicted molar refractivity (Wildman–Crippen MR) is 129 cm³/mol. The molecule has 0 unspecified atom stereocenters. The molecule has 1 fully saturated rings. The third-order valence-corrected chi connectivity index (χ3v) is 5.22. The molecule has 0 amide bonds. The Morgan fingerprint density at radius 1 is 0.879 bits per heavy atom. The highest BCUT2D eigenvalue weighted by molar-refractivity contribution is 5.61. The van der Waals surface area contributed by atoms with E-state index in [4.69, 9.17) is 10.5 Å². The van der Waals surface area contributed by atoms with Crippen molar-refractivity contribution < 1.29 is 4.74 Å². The standard InChI is InChI=1S/C23H25N9O/c1-16-25-20(27-17-5-3-2-4-6-17)15-21(26-16)32-22(24)29-23(30-32)28-18-7-9-19(10-8-18)31-11-13-33-14-12-31/h2-10,15H,11-14H2,1H3,(H,25,26,27)(H3,24,28,29,30). The van der Waals surface area contributed by atoms with Crippen LogP contribution in [0.4, 0.5) is 34.8 Å². The quantitative estimate of drug-likeness (QED) is 0.412. The van der Waals surface area contributed by atoms with Crippen LogP contribution in [0.5, 0.6) is 0 Å². The van der Waals surface area contributed by atoms with Crippen LogP contribution in [0, 0.1) is 6.92 Å². The van der Waals surface area contributed by atoms with Crippen molar-refractivity contribution in [2.75, 3.05) is 47.6 Å². The van der Waals surface area contributed by atoms with Crippen LogP contribution >= 0.6 is 0 Å². The zero-order valence-corrected chi connectivity index (χ0v) is 18.3. The number of nitrogens with one attached hydrogen (secondary N) is 2. The fraction of sp³-hybridized carbons (Fsp3) is 0.217. The van der Waals surface area contributed by atoms with E-state index in [1.807, 2.05) is 49.4 Å². The van der Waals surface area contributed by atoms with Crippen molar-refractivity contribution in [1.82, 2.24) is 24.7 Å². The van der Waals surface area contributed by atoms with E-state index < -0.39 is 0 Å². The fourth-order valence-corrected chi connectivity index (χ4v) is 3.65. The molecule has 1 saturated heterocycles. The number of nitrogens with zero attached hydrogens (tertiary/aromatic N) is 6. The number of hydrogen-bond donors (Lipinski definition) is 3. The number of aromatic nitrogens is 5. The molecular formula is C23H25N9O. The molecule has 168 valence electrons. The van der Waals surface area contributed by atoms with E-state index in [0.717, 1.165) is 43.4 Å². The van der Waals surface area contributed by atoms with Gasteiger partial charge in [0.25, 0.3) is 0 Å². The highest BCUT2D eigenvalue weighted by atomic mass is 16.5. The molecule has 1 aliphatic heterocycles. The number of rotatable bonds is 6. The molecule has 1 aliphatic rings. The molecular weight excluding hydrogens is 418 g/mol. The average Bonchev–Trinajstić information content (AvgIpc) is 3.20. The summed E-state index contributed by atoms with van der Waals surface area (Å²) in [7, 11) is 0. The van der Waals surface area contributed by atoms with E-state index in [2.05, 4.69) is 47.7 Å². The summed E-state index contributed by atoms with van der Waals surface area (Å²) in [5.74, 6) is 2.38. The van der Waals surface area contributed by atoms with Gasteiger partial charge in [0.15, 0.2) is 5.82 Å². The minimum Gasteiger partial charge on any atom is -0.378 e. The van der Waals surface area contributed by atoms with Gasteiger partial charge in [-0.3, -0.25) is 0 Å². The lowest BCUT2D eigenvalue weighted by Crippen LogP contribution is -2.36. The lowest BCUT2D eigenvalue weighted by Gasteiger charge is -2.28. The van der Waals surface area contributed by atoms with E-state index in [1.54, 1.807) is 6.07 Å². The Kier molecular flexibility index (Phi) is 5.73. The van der Waals surface area contributed by atoms with Gasteiger partial charge in [-0.1, -0.05) is 18.2 Å². The third-order valence-electron chi connectivity index (χ3n) is 5.22. The number of anilines is 6. The van der Waals surface area contributed by atoms with Crippen LogP contribution in [0.3, 0.4) is 0 Å². The van der Waals surface area contributed by atoms with Crippen LogP contribution in [-0.4, -0.2) is 51.0 Å². The summed E-state index contributed by atoms with van der Waals surface area (Å²) in [4.78, 5) is 15.6. The maximum atomic E-state index is 6.15. The monoisotopic (exact) mass is 443 g/mol. The van der Waals surface area contributed by atoms with Crippen LogP contribution in [0.2, 0.25) is 0 Å². The lowest BCUT2D eigenvalue weighted by atomic mass is 10.2. The molecule has 0 bridgehead atoms. The Morgan fingerprint density at radius 3 is 2.36 bits per heavy atom. The zero-order valence-electron chi connectivity index (χ0n) is 18.3. The number of aryl methyl sites for hydroxylation is 1. The maximum absolute atomic E-state index is 6.15. The molecule has 4 aromatic rings. The first-order chi connectivity index (χ1) is 16.1. The van der Waals surface area contributed by atoms with Gasteiger partial charge in [-0.05, 0) is 43.3 Å². The fourth-order valence-electron chi connectivity index (χ4n) is 3.65. The topological polar surface area (TPSA) is 119 Å². The second-order valence-electron chi connectivity index (χ2n) is 7.63. The first-order valence-corrected chi connectivity index (χ1v) is 10.7. The smallest absolute Gasteiger partial charge is 0.248 e. The summed E-state index contributed by atoms with van der Waals surface area (Å²) in [6.45, 7) is 5.13. The number of nitrogens with two attached hydrogens (primary N) is 1. The maximum Gasteiger partial charge on any atom is 0.248 e. The minimum atomic E-state index is 0.228. The van der Waals surface area contributed by atoms with Crippen molar-refractivity contribution in [1.29, 1.82) is 0 Å². The van der Waals surface area contributed by atoms with Crippen molar-refractivity contribution in [2.24, 2.45) is 0 Å². The van der Waals surface area contributed by atoms with Gasteiger partial charge in [0.05, 0.1) is 13.2 Å². The Hall–Kier alpha value is -4.18. The van der Waals surface area contributed by atoms with E-state index in [9.17, 15) is 0 Å². The number of ether oxygens (including phenoxy) is 1.